The number of carbonyl (C=O) groups excluding carboxylic acids is 1. The Morgan fingerprint density at radius 3 is 1.74 bits per heavy atom. The predicted molar refractivity (Wildman–Crippen MR) is 176 cm³/mol. The highest BCUT2D eigenvalue weighted by Gasteiger charge is 2.03. The third-order valence-corrected chi connectivity index (χ3v) is 6.70. The molecule has 5 rings (SSSR count). The zero-order valence-corrected chi connectivity index (χ0v) is 26.1. The highest BCUT2D eigenvalue weighted by molar-refractivity contribution is 7.78. The van der Waals surface area contributed by atoms with E-state index in [9.17, 15) is 0 Å². The van der Waals surface area contributed by atoms with Crippen molar-refractivity contribution in [3.8, 4) is 28.7 Å². The van der Waals surface area contributed by atoms with Gasteiger partial charge < -0.3 is 9.47 Å². The van der Waals surface area contributed by atoms with Crippen LogP contribution in [0.15, 0.2) is 96.2 Å². The van der Waals surface area contributed by atoms with E-state index >= 15 is 0 Å². The molecule has 13 heteroatoms. The fourth-order valence-electron chi connectivity index (χ4n) is 3.38. The number of amides is 1. The number of nitrogens with two attached hydrogens (primary N) is 1. The molecule has 0 saturated heterocycles. The number of aliphatic imine (C=N–C) groups is 1. The number of thiocarbonyl (C=S) groups is 1. The van der Waals surface area contributed by atoms with Crippen LogP contribution < -0.4 is 20.7 Å². The van der Waals surface area contributed by atoms with Gasteiger partial charge in [-0.15, -0.1) is 0 Å². The number of carbonyl (C=O) groups is 1. The Kier molecular flexibility index (Phi) is 13.1. The number of rotatable bonds is 7. The average Bonchev–Trinajstić information content (AvgIpc) is 3.44. The van der Waals surface area contributed by atoms with Gasteiger partial charge in [0.1, 0.15) is 29.3 Å². The lowest BCUT2D eigenvalue weighted by atomic mass is 10.2. The zero-order chi connectivity index (χ0) is 31.2. The Labute approximate surface area is 268 Å². The van der Waals surface area contributed by atoms with Crippen LogP contribution in [0.5, 0.6) is 23.0 Å². The van der Waals surface area contributed by atoms with Gasteiger partial charge in [-0.1, -0.05) is 23.2 Å². The first kappa shape index (κ1) is 33.2. The highest BCUT2D eigenvalue weighted by Crippen LogP contribution is 2.28. The van der Waals surface area contributed by atoms with E-state index < -0.39 is 0 Å². The zero-order valence-electron chi connectivity index (χ0n) is 23.0. The second kappa shape index (κ2) is 16.9. The van der Waals surface area contributed by atoms with Crippen LogP contribution >= 0.6 is 47.6 Å². The number of hydrogen-bond donors (Lipinski definition) is 3. The monoisotopic (exact) mass is 652 g/mol. The third-order valence-electron chi connectivity index (χ3n) is 5.48. The van der Waals surface area contributed by atoms with Crippen LogP contribution in [-0.4, -0.2) is 26.3 Å². The lowest BCUT2D eigenvalue weighted by Crippen LogP contribution is -2.18. The number of hydrazine groups is 1. The van der Waals surface area contributed by atoms with Gasteiger partial charge in [0.2, 0.25) is 6.41 Å². The van der Waals surface area contributed by atoms with E-state index in [1.807, 2.05) is 98.8 Å². The van der Waals surface area contributed by atoms with Gasteiger partial charge in [-0.25, -0.2) is 5.84 Å². The molecule has 0 radical (unpaired) electrons. The molecule has 0 unspecified atom stereocenters. The molecule has 0 aliphatic rings. The van der Waals surface area contributed by atoms with Crippen LogP contribution in [0.1, 0.15) is 11.1 Å². The number of hydrogen-bond acceptors (Lipinski definition) is 8. The normalized spacial score (nSPS) is 9.70. The van der Waals surface area contributed by atoms with Crippen molar-refractivity contribution < 1.29 is 14.3 Å². The first-order chi connectivity index (χ1) is 20.7. The highest BCUT2D eigenvalue weighted by atomic mass is 35.5. The fourth-order valence-corrected chi connectivity index (χ4v) is 3.93. The predicted octanol–water partition coefficient (Wildman–Crippen LogP) is 8.47. The summed E-state index contributed by atoms with van der Waals surface area (Å²) in [5.41, 5.74) is 5.39. The molecule has 0 saturated carbocycles. The number of benzene rings is 4. The smallest absolute Gasteiger partial charge is 0.221 e. The van der Waals surface area contributed by atoms with Crippen LogP contribution in [0.25, 0.3) is 5.69 Å². The summed E-state index contributed by atoms with van der Waals surface area (Å²) in [6, 6.07) is 26.0. The summed E-state index contributed by atoms with van der Waals surface area (Å²) in [7, 11) is 0. The van der Waals surface area contributed by atoms with E-state index in [0.717, 1.165) is 55.5 Å². The first-order valence-electron chi connectivity index (χ1n) is 12.4. The second-order valence-electron chi connectivity index (χ2n) is 8.53. The van der Waals surface area contributed by atoms with E-state index in [1.165, 1.54) is 0 Å². The van der Waals surface area contributed by atoms with E-state index in [2.05, 4.69) is 38.4 Å². The molecule has 9 nitrogen and oxygen atoms in total. The molecule has 220 valence electrons. The lowest BCUT2D eigenvalue weighted by Gasteiger charge is -2.08. The Balaban J connectivity index is 0.000000212. The van der Waals surface area contributed by atoms with Crippen molar-refractivity contribution in [2.45, 2.75) is 13.8 Å². The van der Waals surface area contributed by atoms with Crippen LogP contribution in [0.3, 0.4) is 0 Å². The second-order valence-corrected chi connectivity index (χ2v) is 9.92. The number of isothiocyanates is 1. The summed E-state index contributed by atoms with van der Waals surface area (Å²) in [6.07, 6.45) is 2.04. The molecule has 4 aromatic carbocycles. The van der Waals surface area contributed by atoms with Crippen molar-refractivity contribution in [3.63, 3.8) is 0 Å². The maximum Gasteiger partial charge on any atom is 0.221 e. The molecule has 43 heavy (non-hydrogen) atoms. The molecule has 0 aliphatic heterocycles. The van der Waals surface area contributed by atoms with E-state index in [-0.39, 0.29) is 0 Å². The molecular weight excluding hydrogens is 627 g/mol. The van der Waals surface area contributed by atoms with Crippen molar-refractivity contribution >= 4 is 64.9 Å². The minimum atomic E-state index is 0.403. The molecular formula is C30H26Cl2N6O3S2. The summed E-state index contributed by atoms with van der Waals surface area (Å²) in [4.78, 5) is 12.8. The van der Waals surface area contributed by atoms with Crippen molar-refractivity contribution in [1.82, 2.24) is 20.2 Å². The van der Waals surface area contributed by atoms with Gasteiger partial charge in [0, 0.05) is 15.7 Å². The topological polar surface area (TPSA) is 120 Å². The van der Waals surface area contributed by atoms with Gasteiger partial charge in [0.05, 0.1) is 10.8 Å². The number of ether oxygens (including phenoxy) is 2. The summed E-state index contributed by atoms with van der Waals surface area (Å²) >= 11 is 21.6. The van der Waals surface area contributed by atoms with Crippen molar-refractivity contribution in [1.29, 1.82) is 0 Å². The number of nitrogens with zero attached hydrogens (tertiary/aromatic N) is 3. The minimum absolute atomic E-state index is 0.403. The molecule has 1 aromatic heterocycles. The first-order valence-corrected chi connectivity index (χ1v) is 14.0. The van der Waals surface area contributed by atoms with Crippen molar-refractivity contribution in [2.75, 3.05) is 0 Å². The molecule has 1 amide bonds. The molecule has 0 atom stereocenters. The Morgan fingerprint density at radius 2 is 1.35 bits per heavy atom. The summed E-state index contributed by atoms with van der Waals surface area (Å²) in [6.45, 7) is 3.88. The maximum absolute atomic E-state index is 8.94. The Bertz CT molecular complexity index is 1750. The van der Waals surface area contributed by atoms with Gasteiger partial charge in [0.25, 0.3) is 0 Å². The summed E-state index contributed by atoms with van der Waals surface area (Å²) in [5, 5.41) is 10.4. The number of aryl methyl sites for hydroxylation is 2. The Morgan fingerprint density at radius 1 is 0.884 bits per heavy atom. The third kappa shape index (κ3) is 10.5. The largest absolute Gasteiger partial charge is 0.457 e. The van der Waals surface area contributed by atoms with E-state index in [0.29, 0.717) is 11.2 Å². The van der Waals surface area contributed by atoms with Gasteiger partial charge in [-0.2, -0.15) is 10.1 Å². The lowest BCUT2D eigenvalue weighted by molar-refractivity contribution is -0.109. The maximum atomic E-state index is 8.94. The van der Waals surface area contributed by atoms with Crippen molar-refractivity contribution in [2.24, 2.45) is 10.8 Å². The summed E-state index contributed by atoms with van der Waals surface area (Å²) in [5.74, 6) is 7.40. The molecule has 0 aliphatic carbocycles. The van der Waals surface area contributed by atoms with Crippen LogP contribution in [-0.2, 0) is 4.79 Å². The minimum Gasteiger partial charge on any atom is -0.457 e. The van der Waals surface area contributed by atoms with E-state index in [4.69, 9.17) is 49.7 Å². The van der Waals surface area contributed by atoms with E-state index in [1.54, 1.807) is 16.3 Å². The van der Waals surface area contributed by atoms with Gasteiger partial charge in [-0.05, 0) is 134 Å². The van der Waals surface area contributed by atoms with Gasteiger partial charge in [0.15, 0.2) is 4.77 Å². The molecule has 0 fully saturated rings. The standard InChI is InChI=1S/C15H12ClN3OS.C14H10ClNOS.CH4N2O/c1-10-8-13(6-7-14(10)16)20-12-4-2-11(3-5-12)19-9-17-18-15(19)21;1-10-8-13(6-7-14(10)15)17-12-4-2-11(3-5-12)16-9-18;2-3-1-4/h2-9H,1H3,(H,18,21);2-8H,1H3;1H,2H2,(H,3,4). The molecule has 0 bridgehead atoms. The number of H-pyrrole nitrogens is 1. The van der Waals surface area contributed by atoms with Crippen LogP contribution in [0.4, 0.5) is 5.69 Å². The van der Waals surface area contributed by atoms with Gasteiger partial charge >= 0.3 is 0 Å². The number of nitrogens with one attached hydrogen (secondary N) is 2. The molecule has 0 spiro atoms. The van der Waals surface area contributed by atoms with Gasteiger partial charge in [-0.3, -0.25) is 19.9 Å². The molecule has 4 N–H and O–H groups in total. The summed E-state index contributed by atoms with van der Waals surface area (Å²) < 4.78 is 13.8. The fraction of sp³-hybridized carbons (Fsp3) is 0.0667. The SMILES string of the molecule is Cc1cc(Oc2ccc(-n3cn[nH]c3=S)cc2)ccc1Cl.Cc1cc(Oc2ccc(N=C=S)cc2)ccc1Cl.NNC=O. The number of aromatic amines is 1. The van der Waals surface area contributed by atoms with Crippen molar-refractivity contribution in [3.05, 3.63) is 117 Å². The molecule has 5 aromatic rings. The molecule has 1 heterocycles. The quantitative estimate of drug-likeness (QED) is 0.0403. The van der Waals surface area contributed by atoms with Crippen LogP contribution in [0.2, 0.25) is 10.0 Å². The number of halogens is 2. The van der Waals surface area contributed by atoms with Crippen LogP contribution in [0, 0.1) is 18.6 Å². The Hall–Kier alpha value is -4.35. The average molecular weight is 654 g/mol. The number of aromatic nitrogens is 3.